The van der Waals surface area contributed by atoms with Gasteiger partial charge in [-0.15, -0.1) is 0 Å². The number of alkyl halides is 1. The summed E-state index contributed by atoms with van der Waals surface area (Å²) in [4.78, 5) is 10.7. The van der Waals surface area contributed by atoms with Gasteiger partial charge < -0.3 is 4.74 Å². The van der Waals surface area contributed by atoms with Gasteiger partial charge in [-0.1, -0.05) is 44.0 Å². The van der Waals surface area contributed by atoms with Gasteiger partial charge in [-0.05, 0) is 17.7 Å². The lowest BCUT2D eigenvalue weighted by atomic mass is 10.1. The minimum absolute atomic E-state index is 0.293. The van der Waals surface area contributed by atoms with Crippen LogP contribution in [0.15, 0.2) is 28.7 Å². The fourth-order valence-electron chi connectivity index (χ4n) is 0.904. The van der Waals surface area contributed by atoms with E-state index < -0.39 is 4.83 Å². The molecule has 0 radical (unpaired) electrons. The second-order valence-corrected chi connectivity index (χ2v) is 4.27. The molecule has 0 aliphatic carbocycles. The first-order valence-corrected chi connectivity index (χ1v) is 5.33. The van der Waals surface area contributed by atoms with Crippen molar-refractivity contribution >= 4 is 37.8 Å². The van der Waals surface area contributed by atoms with Crippen molar-refractivity contribution in [1.82, 2.24) is 0 Å². The van der Waals surface area contributed by atoms with Crippen LogP contribution in [0.3, 0.4) is 0 Å². The van der Waals surface area contributed by atoms with E-state index in [1.807, 2.05) is 24.3 Å². The highest BCUT2D eigenvalue weighted by atomic mass is 79.9. The maximum atomic E-state index is 11.1. The van der Waals surface area contributed by atoms with E-state index in [9.17, 15) is 4.79 Å². The molecule has 70 valence electrons. The molecule has 0 aliphatic heterocycles. The number of carbonyl (C=O) groups excluding carboxylic acids is 1. The molecule has 1 aromatic rings. The van der Waals surface area contributed by atoms with Crippen molar-refractivity contribution in [2.75, 3.05) is 7.11 Å². The Labute approximate surface area is 93.5 Å². The van der Waals surface area contributed by atoms with Crippen LogP contribution in [0.1, 0.15) is 10.4 Å². The molecular formula is C9H8Br2O2. The van der Waals surface area contributed by atoms with Crippen LogP contribution in [0.2, 0.25) is 0 Å². The summed E-state index contributed by atoms with van der Waals surface area (Å²) >= 11 is 6.58. The average molecular weight is 308 g/mol. The van der Waals surface area contributed by atoms with Gasteiger partial charge in [0.1, 0.15) is 4.83 Å². The number of hydrogen-bond donors (Lipinski definition) is 0. The third kappa shape index (κ3) is 2.81. The van der Waals surface area contributed by atoms with Crippen LogP contribution in [-0.4, -0.2) is 13.1 Å². The third-order valence-corrected chi connectivity index (χ3v) is 2.95. The number of benzene rings is 1. The van der Waals surface area contributed by atoms with Crippen LogP contribution in [0.4, 0.5) is 0 Å². The van der Waals surface area contributed by atoms with E-state index in [0.717, 1.165) is 10.0 Å². The Morgan fingerprint density at radius 1 is 1.54 bits per heavy atom. The van der Waals surface area contributed by atoms with Crippen molar-refractivity contribution in [2.45, 2.75) is 4.83 Å². The van der Waals surface area contributed by atoms with Gasteiger partial charge in [-0.3, -0.25) is 4.79 Å². The molecule has 0 saturated heterocycles. The maximum Gasteiger partial charge on any atom is 0.323 e. The van der Waals surface area contributed by atoms with Crippen molar-refractivity contribution in [1.29, 1.82) is 0 Å². The van der Waals surface area contributed by atoms with Crippen LogP contribution in [0.25, 0.3) is 0 Å². The van der Waals surface area contributed by atoms with Crippen LogP contribution < -0.4 is 0 Å². The molecule has 0 bridgehead atoms. The van der Waals surface area contributed by atoms with E-state index >= 15 is 0 Å². The van der Waals surface area contributed by atoms with Gasteiger partial charge in [0.25, 0.3) is 0 Å². The molecule has 0 spiro atoms. The topological polar surface area (TPSA) is 26.3 Å². The highest BCUT2D eigenvalue weighted by Gasteiger charge is 2.17. The smallest absolute Gasteiger partial charge is 0.323 e. The van der Waals surface area contributed by atoms with E-state index in [2.05, 4.69) is 36.6 Å². The largest absolute Gasteiger partial charge is 0.468 e. The van der Waals surface area contributed by atoms with Gasteiger partial charge in [0.05, 0.1) is 7.11 Å². The van der Waals surface area contributed by atoms with Crippen molar-refractivity contribution in [3.8, 4) is 0 Å². The molecule has 0 saturated carbocycles. The number of ether oxygens (including phenoxy) is 1. The Morgan fingerprint density at radius 2 is 2.23 bits per heavy atom. The normalized spacial score (nSPS) is 12.2. The minimum Gasteiger partial charge on any atom is -0.468 e. The molecule has 0 aliphatic rings. The summed E-state index contributed by atoms with van der Waals surface area (Å²) < 4.78 is 5.55. The first-order chi connectivity index (χ1) is 6.15. The lowest BCUT2D eigenvalue weighted by Gasteiger charge is -2.07. The lowest BCUT2D eigenvalue weighted by Crippen LogP contribution is -2.07. The van der Waals surface area contributed by atoms with Crippen molar-refractivity contribution in [3.05, 3.63) is 34.3 Å². The highest BCUT2D eigenvalue weighted by molar-refractivity contribution is 9.10. The fraction of sp³-hybridized carbons (Fsp3) is 0.222. The van der Waals surface area contributed by atoms with Gasteiger partial charge in [0, 0.05) is 4.47 Å². The first kappa shape index (κ1) is 10.7. The second-order valence-electron chi connectivity index (χ2n) is 2.44. The number of rotatable bonds is 2. The highest BCUT2D eigenvalue weighted by Crippen LogP contribution is 2.26. The van der Waals surface area contributed by atoms with Gasteiger partial charge >= 0.3 is 5.97 Å². The molecule has 0 fully saturated rings. The van der Waals surface area contributed by atoms with Gasteiger partial charge in [0.15, 0.2) is 0 Å². The van der Waals surface area contributed by atoms with Crippen LogP contribution in [0.5, 0.6) is 0 Å². The van der Waals surface area contributed by atoms with Crippen LogP contribution in [0, 0.1) is 0 Å². The standard InChI is InChI=1S/C9H8Br2O2/c1-13-9(12)8(11)6-3-2-4-7(10)5-6/h2-5,8H,1H3/t8-/m0/s1. The zero-order valence-electron chi connectivity index (χ0n) is 6.96. The molecule has 0 N–H and O–H groups in total. The van der Waals surface area contributed by atoms with Crippen LogP contribution >= 0.6 is 31.9 Å². The van der Waals surface area contributed by atoms with Gasteiger partial charge in [-0.25, -0.2) is 0 Å². The fourth-order valence-corrected chi connectivity index (χ4v) is 1.79. The summed E-state index contributed by atoms with van der Waals surface area (Å²) in [5.41, 5.74) is 0.876. The predicted octanol–water partition coefficient (Wildman–Crippen LogP) is 3.06. The molecule has 2 nitrogen and oxygen atoms in total. The van der Waals surface area contributed by atoms with Gasteiger partial charge in [0.2, 0.25) is 0 Å². The average Bonchev–Trinajstić information content (AvgIpc) is 2.15. The molecule has 0 heterocycles. The van der Waals surface area contributed by atoms with E-state index in [1.165, 1.54) is 7.11 Å². The molecule has 13 heavy (non-hydrogen) atoms. The molecule has 0 unspecified atom stereocenters. The number of halogens is 2. The maximum absolute atomic E-state index is 11.1. The number of hydrogen-bond acceptors (Lipinski definition) is 2. The van der Waals surface area contributed by atoms with E-state index in [1.54, 1.807) is 0 Å². The Hall–Kier alpha value is -0.350. The second kappa shape index (κ2) is 4.77. The van der Waals surface area contributed by atoms with Crippen LogP contribution in [-0.2, 0) is 9.53 Å². The number of esters is 1. The number of carbonyl (C=O) groups is 1. The summed E-state index contributed by atoms with van der Waals surface area (Å²) in [6.45, 7) is 0. The monoisotopic (exact) mass is 306 g/mol. The van der Waals surface area contributed by atoms with E-state index in [-0.39, 0.29) is 5.97 Å². The Kier molecular flexibility index (Phi) is 3.93. The Morgan fingerprint density at radius 3 is 2.77 bits per heavy atom. The predicted molar refractivity (Wildman–Crippen MR) is 57.8 cm³/mol. The summed E-state index contributed by atoms with van der Waals surface area (Å²) in [6.07, 6.45) is 0. The summed E-state index contributed by atoms with van der Waals surface area (Å²) in [6, 6.07) is 7.51. The Bertz CT molecular complexity index is 312. The van der Waals surface area contributed by atoms with E-state index in [0.29, 0.717) is 0 Å². The van der Waals surface area contributed by atoms with Crippen molar-refractivity contribution in [2.24, 2.45) is 0 Å². The zero-order valence-corrected chi connectivity index (χ0v) is 10.1. The molecule has 1 rings (SSSR count). The molecule has 1 aromatic carbocycles. The lowest BCUT2D eigenvalue weighted by molar-refractivity contribution is -0.139. The SMILES string of the molecule is COC(=O)[C@@H](Br)c1cccc(Br)c1. The molecule has 1 atom stereocenters. The zero-order chi connectivity index (χ0) is 9.84. The molecule has 4 heteroatoms. The first-order valence-electron chi connectivity index (χ1n) is 3.62. The van der Waals surface area contributed by atoms with Gasteiger partial charge in [-0.2, -0.15) is 0 Å². The van der Waals surface area contributed by atoms with E-state index in [4.69, 9.17) is 0 Å². The minimum atomic E-state index is -0.394. The van der Waals surface area contributed by atoms with Crippen molar-refractivity contribution < 1.29 is 9.53 Å². The molecule has 0 amide bonds. The molecular weight excluding hydrogens is 300 g/mol. The molecule has 0 aromatic heterocycles. The third-order valence-electron chi connectivity index (χ3n) is 1.55. The number of methoxy groups -OCH3 is 1. The Balaban J connectivity index is 2.88. The summed E-state index contributed by atoms with van der Waals surface area (Å²) in [5, 5.41) is 0. The quantitative estimate of drug-likeness (QED) is 0.620. The van der Waals surface area contributed by atoms with Crippen molar-refractivity contribution in [3.63, 3.8) is 0 Å². The summed E-state index contributed by atoms with van der Waals surface area (Å²) in [7, 11) is 1.37. The summed E-state index contributed by atoms with van der Waals surface area (Å²) in [5.74, 6) is -0.293.